The maximum absolute atomic E-state index is 10.2. The molecular formula is C24H30O4. The third-order valence-corrected chi connectivity index (χ3v) is 4.42. The molecule has 4 heteroatoms. The molecule has 4 nitrogen and oxygen atoms in total. The Kier molecular flexibility index (Phi) is 8.27. The molecule has 0 heterocycles. The summed E-state index contributed by atoms with van der Waals surface area (Å²) in [7, 11) is 0. The van der Waals surface area contributed by atoms with Gasteiger partial charge >= 0.3 is 0 Å². The lowest BCUT2D eigenvalue weighted by Gasteiger charge is -2.09. The van der Waals surface area contributed by atoms with E-state index in [0.717, 1.165) is 27.8 Å². The number of para-hydroxylation sites is 3. The molecular weight excluding hydrogens is 352 g/mol. The molecule has 0 atom stereocenters. The number of aldehydes is 1. The maximum Gasteiger partial charge on any atom is 0.153 e. The summed E-state index contributed by atoms with van der Waals surface area (Å²) >= 11 is 0. The molecule has 0 aliphatic rings. The van der Waals surface area contributed by atoms with E-state index in [0.29, 0.717) is 29.8 Å². The van der Waals surface area contributed by atoms with Gasteiger partial charge in [0, 0.05) is 7.85 Å². The number of carbonyl (C=O) groups is 1. The molecule has 3 aromatic rings. The predicted molar refractivity (Wildman–Crippen MR) is 116 cm³/mol. The normalized spacial score (nSPS) is 9.68. The van der Waals surface area contributed by atoms with E-state index < -0.39 is 0 Å². The van der Waals surface area contributed by atoms with Crippen LogP contribution in [0.25, 0.3) is 0 Å². The smallest absolute Gasteiger partial charge is 0.153 e. The average molecular weight is 383 g/mol. The lowest BCUT2D eigenvalue weighted by atomic mass is 9.99. The Morgan fingerprint density at radius 2 is 1.11 bits per heavy atom. The molecule has 28 heavy (non-hydrogen) atoms. The van der Waals surface area contributed by atoms with Gasteiger partial charge in [-0.2, -0.15) is 0 Å². The lowest BCUT2D eigenvalue weighted by Crippen LogP contribution is -1.92. The Balaban J connectivity index is 0.000000567. The fourth-order valence-corrected chi connectivity index (χ4v) is 2.71. The van der Waals surface area contributed by atoms with Gasteiger partial charge in [0.25, 0.3) is 0 Å². The van der Waals surface area contributed by atoms with Gasteiger partial charge < -0.3 is 15.3 Å². The first-order valence-corrected chi connectivity index (χ1v) is 8.63. The minimum atomic E-state index is 0. The van der Waals surface area contributed by atoms with Crippen molar-refractivity contribution in [2.24, 2.45) is 0 Å². The highest BCUT2D eigenvalue weighted by atomic mass is 16.3. The molecule has 0 unspecified atom stereocenters. The second-order valence-corrected chi connectivity index (χ2v) is 6.47. The molecule has 0 aliphatic carbocycles. The van der Waals surface area contributed by atoms with E-state index in [-0.39, 0.29) is 14.6 Å². The Bertz CT molecular complexity index is 902. The highest BCUT2D eigenvalue weighted by Crippen LogP contribution is 2.29. The number of rotatable bonds is 3. The molecule has 0 radical (unpaired) electrons. The number of benzene rings is 3. The molecule has 3 N–H and O–H groups in total. The van der Waals surface area contributed by atoms with Gasteiger partial charge in [0.2, 0.25) is 0 Å². The minimum Gasteiger partial charge on any atom is -0.507 e. The molecule has 0 saturated carbocycles. The number of aryl methyl sites for hydroxylation is 3. The highest BCUT2D eigenvalue weighted by Gasteiger charge is 2.08. The van der Waals surface area contributed by atoms with Crippen LogP contribution in [0.3, 0.4) is 0 Å². The fourth-order valence-electron chi connectivity index (χ4n) is 2.71. The Morgan fingerprint density at radius 3 is 1.50 bits per heavy atom. The van der Waals surface area contributed by atoms with Crippen molar-refractivity contribution in [3.05, 3.63) is 88.0 Å². The molecule has 0 bridgehead atoms. The number of hydrogen-bond acceptors (Lipinski definition) is 4. The molecule has 150 valence electrons. The van der Waals surface area contributed by atoms with Crippen LogP contribution in [-0.4, -0.2) is 21.6 Å². The van der Waals surface area contributed by atoms with Crippen molar-refractivity contribution in [3.8, 4) is 17.2 Å². The van der Waals surface area contributed by atoms with Gasteiger partial charge in [0.05, 0.1) is 5.56 Å². The van der Waals surface area contributed by atoms with Crippen molar-refractivity contribution in [3.63, 3.8) is 0 Å². The Labute approximate surface area is 168 Å². The van der Waals surface area contributed by atoms with Crippen LogP contribution in [0.15, 0.2) is 54.6 Å². The first-order chi connectivity index (χ1) is 12.8. The van der Waals surface area contributed by atoms with E-state index in [1.165, 1.54) is 0 Å². The Hall–Kier alpha value is -3.27. The van der Waals surface area contributed by atoms with Gasteiger partial charge in [0.1, 0.15) is 17.2 Å². The Morgan fingerprint density at radius 1 is 0.714 bits per heavy atom. The molecule has 3 aromatic carbocycles. The SMILES string of the molecule is C.Cc1cccc(C=O)c1O.Cc1cccc(Cc2cccc(C)c2O)c1O.[HH]. The third-order valence-electron chi connectivity index (χ3n) is 4.42. The number of phenols is 3. The fraction of sp³-hybridized carbons (Fsp3) is 0.208. The topological polar surface area (TPSA) is 77.8 Å². The van der Waals surface area contributed by atoms with E-state index >= 15 is 0 Å². The zero-order chi connectivity index (χ0) is 20.0. The zero-order valence-corrected chi connectivity index (χ0v) is 15.7. The molecule has 0 fully saturated rings. The largest absolute Gasteiger partial charge is 0.507 e. The summed E-state index contributed by atoms with van der Waals surface area (Å²) in [4.78, 5) is 10.2. The standard InChI is InChI=1S/C15H16O2.C8H8O2.CH4.H2/c1-10-5-3-7-12(14(10)16)9-13-8-4-6-11(2)15(13)17;1-6-3-2-4-7(5-9)8(6)10;;/h3-8,16-17H,9H2,1-2H3;2-5,10H,1H3;1H4;1H. The quantitative estimate of drug-likeness (QED) is 0.508. The third kappa shape index (κ3) is 5.36. The monoisotopic (exact) mass is 382 g/mol. The molecule has 0 amide bonds. The zero-order valence-electron chi connectivity index (χ0n) is 15.7. The van der Waals surface area contributed by atoms with Gasteiger partial charge in [-0.25, -0.2) is 0 Å². The summed E-state index contributed by atoms with van der Waals surface area (Å²) in [6.45, 7) is 5.49. The van der Waals surface area contributed by atoms with Crippen molar-refractivity contribution in [1.82, 2.24) is 0 Å². The van der Waals surface area contributed by atoms with Crippen LogP contribution >= 0.6 is 0 Å². The van der Waals surface area contributed by atoms with Gasteiger partial charge in [0.15, 0.2) is 6.29 Å². The van der Waals surface area contributed by atoms with Crippen molar-refractivity contribution >= 4 is 6.29 Å². The van der Waals surface area contributed by atoms with Gasteiger partial charge in [-0.05, 0) is 54.7 Å². The highest BCUT2D eigenvalue weighted by molar-refractivity contribution is 5.79. The van der Waals surface area contributed by atoms with Gasteiger partial charge in [-0.1, -0.05) is 56.0 Å². The summed E-state index contributed by atoms with van der Waals surface area (Å²) in [5, 5.41) is 29.0. The first kappa shape index (κ1) is 22.8. The molecule has 0 aromatic heterocycles. The van der Waals surface area contributed by atoms with Crippen molar-refractivity contribution < 1.29 is 21.5 Å². The van der Waals surface area contributed by atoms with Crippen LogP contribution in [-0.2, 0) is 6.42 Å². The number of hydrogen-bond donors (Lipinski definition) is 3. The van der Waals surface area contributed by atoms with Crippen LogP contribution < -0.4 is 0 Å². The van der Waals surface area contributed by atoms with E-state index in [2.05, 4.69) is 0 Å². The van der Waals surface area contributed by atoms with Crippen molar-refractivity contribution in [2.75, 3.05) is 0 Å². The maximum atomic E-state index is 10.2. The van der Waals surface area contributed by atoms with Gasteiger partial charge in [-0.3, -0.25) is 4.79 Å². The van der Waals surface area contributed by atoms with Crippen LogP contribution in [0.1, 0.15) is 47.0 Å². The summed E-state index contributed by atoms with van der Waals surface area (Å²) < 4.78 is 0. The van der Waals surface area contributed by atoms with E-state index in [1.807, 2.05) is 50.2 Å². The number of aromatic hydroxyl groups is 3. The summed E-state index contributed by atoms with van der Waals surface area (Å²) in [5.74, 6) is 0.708. The molecule has 3 rings (SSSR count). The average Bonchev–Trinajstić information content (AvgIpc) is 2.65. The van der Waals surface area contributed by atoms with E-state index in [4.69, 9.17) is 5.11 Å². The van der Waals surface area contributed by atoms with E-state index in [1.54, 1.807) is 25.1 Å². The first-order valence-electron chi connectivity index (χ1n) is 8.63. The molecule has 0 spiro atoms. The van der Waals surface area contributed by atoms with Crippen LogP contribution in [0.4, 0.5) is 0 Å². The van der Waals surface area contributed by atoms with Crippen LogP contribution in [0.5, 0.6) is 17.2 Å². The molecule has 0 aliphatic heterocycles. The van der Waals surface area contributed by atoms with E-state index in [9.17, 15) is 15.0 Å². The predicted octanol–water partition coefficient (Wildman–Crippen LogP) is 5.70. The van der Waals surface area contributed by atoms with Crippen molar-refractivity contribution in [2.45, 2.75) is 34.6 Å². The van der Waals surface area contributed by atoms with Crippen LogP contribution in [0.2, 0.25) is 0 Å². The lowest BCUT2D eigenvalue weighted by molar-refractivity contribution is 0.112. The second-order valence-electron chi connectivity index (χ2n) is 6.47. The van der Waals surface area contributed by atoms with Crippen LogP contribution in [0, 0.1) is 20.8 Å². The number of phenolic OH excluding ortho intramolecular Hbond substituents is 3. The number of carbonyl (C=O) groups excluding carboxylic acids is 1. The summed E-state index contributed by atoms with van der Waals surface area (Å²) in [6, 6.07) is 16.4. The minimum absolute atomic E-state index is 0. The summed E-state index contributed by atoms with van der Waals surface area (Å²) in [5.41, 5.74) is 4.46. The molecule has 0 saturated heterocycles. The van der Waals surface area contributed by atoms with Gasteiger partial charge in [-0.15, -0.1) is 0 Å². The van der Waals surface area contributed by atoms with Crippen molar-refractivity contribution in [1.29, 1.82) is 0 Å². The second kappa shape index (κ2) is 10.2. The summed E-state index contributed by atoms with van der Waals surface area (Å²) in [6.07, 6.45) is 1.18.